The van der Waals surface area contributed by atoms with Crippen LogP contribution in [0.2, 0.25) is 0 Å². The average Bonchev–Trinajstić information content (AvgIpc) is 2.62. The number of benzene rings is 1. The zero-order valence-electron chi connectivity index (χ0n) is 9.91. The molecule has 3 rings (SSSR count). The molecule has 1 heterocycles. The molecule has 0 aromatic heterocycles. The van der Waals surface area contributed by atoms with Gasteiger partial charge in [0.2, 0.25) is 5.91 Å². The van der Waals surface area contributed by atoms with Gasteiger partial charge in [0.25, 0.3) is 0 Å². The molecular weight excluding hydrogens is 212 g/mol. The maximum absolute atomic E-state index is 12.2. The Labute approximate surface area is 102 Å². The lowest BCUT2D eigenvalue weighted by molar-refractivity contribution is -0.120. The molecule has 1 aliphatic carbocycles. The number of carbonyl (C=O) groups excluding carboxylic acids is 1. The maximum Gasteiger partial charge on any atom is 0.229 e. The summed E-state index contributed by atoms with van der Waals surface area (Å²) in [6, 6.07) is 8.28. The predicted octanol–water partition coefficient (Wildman–Crippen LogP) is 3.00. The number of hydrogen-bond donors (Lipinski definition) is 2. The maximum atomic E-state index is 12.2. The molecule has 1 aromatic rings. The Morgan fingerprint density at radius 3 is 2.65 bits per heavy atom. The van der Waals surface area contributed by atoms with E-state index < -0.39 is 0 Å². The van der Waals surface area contributed by atoms with Crippen molar-refractivity contribution in [3.8, 4) is 0 Å². The molecule has 1 saturated carbocycles. The van der Waals surface area contributed by atoms with Crippen LogP contribution in [0, 0.1) is 5.92 Å². The summed E-state index contributed by atoms with van der Waals surface area (Å²) in [5, 5.41) is 6.60. The predicted molar refractivity (Wildman–Crippen MR) is 69.1 cm³/mol. The lowest BCUT2D eigenvalue weighted by atomic mass is 9.94. The van der Waals surface area contributed by atoms with Gasteiger partial charge in [-0.05, 0) is 25.0 Å². The van der Waals surface area contributed by atoms with E-state index in [-0.39, 0.29) is 11.8 Å². The topological polar surface area (TPSA) is 41.1 Å². The van der Waals surface area contributed by atoms with Gasteiger partial charge in [-0.2, -0.15) is 0 Å². The van der Waals surface area contributed by atoms with Gasteiger partial charge in [0.1, 0.15) is 0 Å². The third-order valence-electron chi connectivity index (χ3n) is 3.88. The van der Waals surface area contributed by atoms with Crippen LogP contribution in [0.15, 0.2) is 24.3 Å². The molecule has 0 saturated heterocycles. The zero-order chi connectivity index (χ0) is 11.7. The fourth-order valence-electron chi connectivity index (χ4n) is 2.94. The lowest BCUT2D eigenvalue weighted by Crippen LogP contribution is -2.34. The second kappa shape index (κ2) is 4.40. The number of rotatable bonds is 0. The summed E-state index contributed by atoms with van der Waals surface area (Å²) in [5.41, 5.74) is 1.99. The Hall–Kier alpha value is -1.51. The minimum Gasteiger partial charge on any atom is -0.380 e. The highest BCUT2D eigenvalue weighted by Gasteiger charge is 2.32. The Morgan fingerprint density at radius 1 is 1.00 bits per heavy atom. The van der Waals surface area contributed by atoms with Gasteiger partial charge in [-0.25, -0.2) is 0 Å². The van der Waals surface area contributed by atoms with Crippen molar-refractivity contribution in [3.63, 3.8) is 0 Å². The molecule has 90 valence electrons. The van der Waals surface area contributed by atoms with Gasteiger partial charge in [-0.1, -0.05) is 31.4 Å². The van der Waals surface area contributed by atoms with E-state index in [0.29, 0.717) is 6.04 Å². The molecule has 2 atom stereocenters. The minimum atomic E-state index is 0.130. The summed E-state index contributed by atoms with van der Waals surface area (Å²) in [5.74, 6) is 0.319. The summed E-state index contributed by atoms with van der Waals surface area (Å²) in [6.07, 6.45) is 5.77. The fourth-order valence-corrected chi connectivity index (χ4v) is 2.94. The summed E-state index contributed by atoms with van der Waals surface area (Å²) < 4.78 is 0. The lowest BCUT2D eigenvalue weighted by Gasteiger charge is -2.22. The Bertz CT molecular complexity index is 430. The van der Waals surface area contributed by atoms with E-state index in [1.807, 2.05) is 24.3 Å². The van der Waals surface area contributed by atoms with E-state index >= 15 is 0 Å². The molecule has 2 N–H and O–H groups in total. The first kappa shape index (κ1) is 10.6. The number of anilines is 2. The average molecular weight is 230 g/mol. The molecule has 1 fully saturated rings. The zero-order valence-corrected chi connectivity index (χ0v) is 9.91. The molecule has 1 aromatic carbocycles. The number of amides is 1. The van der Waals surface area contributed by atoms with Gasteiger partial charge in [-0.15, -0.1) is 0 Å². The molecule has 3 heteroatoms. The van der Waals surface area contributed by atoms with Crippen molar-refractivity contribution in [2.45, 2.75) is 38.1 Å². The standard InChI is InChI=1S/C14H18N2O/c17-14-10-6-2-1-3-7-11(10)15-12-8-4-5-9-13(12)16-14/h4-5,8-11,15H,1-3,6-7H2,(H,16,17). The monoisotopic (exact) mass is 230 g/mol. The third-order valence-corrected chi connectivity index (χ3v) is 3.88. The summed E-state index contributed by atoms with van der Waals surface area (Å²) in [6.45, 7) is 0. The molecular formula is C14H18N2O. The first-order valence-electron chi connectivity index (χ1n) is 6.51. The highest BCUT2D eigenvalue weighted by molar-refractivity contribution is 5.97. The van der Waals surface area contributed by atoms with E-state index in [4.69, 9.17) is 0 Å². The second-order valence-electron chi connectivity index (χ2n) is 5.03. The van der Waals surface area contributed by atoms with Crippen LogP contribution < -0.4 is 10.6 Å². The van der Waals surface area contributed by atoms with Crippen LogP contribution in [0.25, 0.3) is 0 Å². The molecule has 2 aliphatic rings. The molecule has 3 nitrogen and oxygen atoms in total. The number of hydrogen-bond acceptors (Lipinski definition) is 2. The van der Waals surface area contributed by atoms with E-state index in [2.05, 4.69) is 10.6 Å². The van der Waals surface area contributed by atoms with E-state index in [1.165, 1.54) is 19.3 Å². The van der Waals surface area contributed by atoms with Gasteiger partial charge in [0.05, 0.1) is 17.3 Å². The van der Waals surface area contributed by atoms with E-state index in [0.717, 1.165) is 24.2 Å². The highest BCUT2D eigenvalue weighted by Crippen LogP contribution is 2.33. The van der Waals surface area contributed by atoms with Crippen molar-refractivity contribution in [1.82, 2.24) is 0 Å². The number of fused-ring (bicyclic) bond motifs is 2. The van der Waals surface area contributed by atoms with Crippen LogP contribution in [0.5, 0.6) is 0 Å². The van der Waals surface area contributed by atoms with Crippen molar-refractivity contribution in [2.75, 3.05) is 10.6 Å². The van der Waals surface area contributed by atoms with Crippen molar-refractivity contribution in [2.24, 2.45) is 5.92 Å². The quantitative estimate of drug-likeness (QED) is 0.719. The van der Waals surface area contributed by atoms with Gasteiger partial charge in [0, 0.05) is 6.04 Å². The van der Waals surface area contributed by atoms with Crippen LogP contribution in [0.1, 0.15) is 32.1 Å². The number of nitrogens with one attached hydrogen (secondary N) is 2. The third kappa shape index (κ3) is 2.02. The summed E-state index contributed by atoms with van der Waals surface area (Å²) in [7, 11) is 0. The van der Waals surface area contributed by atoms with Crippen molar-refractivity contribution < 1.29 is 4.79 Å². The summed E-state index contributed by atoms with van der Waals surface area (Å²) in [4.78, 5) is 12.2. The van der Waals surface area contributed by atoms with Crippen LogP contribution in [0.4, 0.5) is 11.4 Å². The molecule has 0 radical (unpaired) electrons. The van der Waals surface area contributed by atoms with Crippen molar-refractivity contribution in [3.05, 3.63) is 24.3 Å². The molecule has 0 bridgehead atoms. The smallest absolute Gasteiger partial charge is 0.229 e. The van der Waals surface area contributed by atoms with Crippen LogP contribution in [0.3, 0.4) is 0 Å². The van der Waals surface area contributed by atoms with Gasteiger partial charge in [-0.3, -0.25) is 4.79 Å². The fraction of sp³-hybridized carbons (Fsp3) is 0.500. The van der Waals surface area contributed by atoms with Crippen LogP contribution >= 0.6 is 0 Å². The van der Waals surface area contributed by atoms with E-state index in [1.54, 1.807) is 0 Å². The van der Waals surface area contributed by atoms with Gasteiger partial charge < -0.3 is 10.6 Å². The Kier molecular flexibility index (Phi) is 2.75. The van der Waals surface area contributed by atoms with Crippen LogP contribution in [-0.2, 0) is 4.79 Å². The largest absolute Gasteiger partial charge is 0.380 e. The highest BCUT2D eigenvalue weighted by atomic mass is 16.2. The Morgan fingerprint density at radius 2 is 1.76 bits per heavy atom. The second-order valence-corrected chi connectivity index (χ2v) is 5.03. The number of para-hydroxylation sites is 2. The summed E-state index contributed by atoms with van der Waals surface area (Å²) >= 11 is 0. The van der Waals surface area contributed by atoms with Gasteiger partial charge >= 0.3 is 0 Å². The van der Waals surface area contributed by atoms with Gasteiger partial charge in [0.15, 0.2) is 0 Å². The molecule has 1 aliphatic heterocycles. The van der Waals surface area contributed by atoms with Crippen molar-refractivity contribution >= 4 is 17.3 Å². The van der Waals surface area contributed by atoms with Crippen LogP contribution in [-0.4, -0.2) is 11.9 Å². The SMILES string of the molecule is O=C1Nc2ccccc2NC2CCCCCC12. The van der Waals surface area contributed by atoms with E-state index in [9.17, 15) is 4.79 Å². The number of carbonyl (C=O) groups is 1. The first-order valence-corrected chi connectivity index (χ1v) is 6.51. The molecule has 1 amide bonds. The minimum absolute atomic E-state index is 0.130. The first-order chi connectivity index (χ1) is 8.34. The molecule has 17 heavy (non-hydrogen) atoms. The molecule has 2 unspecified atom stereocenters. The molecule has 0 spiro atoms. The Balaban J connectivity index is 1.94. The van der Waals surface area contributed by atoms with Crippen molar-refractivity contribution in [1.29, 1.82) is 0 Å². The normalized spacial score (nSPS) is 27.9.